The average Bonchev–Trinajstić information content (AvgIpc) is 2.44. The van der Waals surface area contributed by atoms with E-state index in [1.54, 1.807) is 0 Å². The number of nitrogens with one attached hydrogen (secondary N) is 1. The van der Waals surface area contributed by atoms with Gasteiger partial charge in [0, 0.05) is 26.7 Å². The second-order valence-electron chi connectivity index (χ2n) is 5.30. The number of quaternary nitrogens is 1. The van der Waals surface area contributed by atoms with Gasteiger partial charge in [-0.15, -0.1) is 10.2 Å². The van der Waals surface area contributed by atoms with Crippen LogP contribution in [0, 0.1) is 10.2 Å². The predicted molar refractivity (Wildman–Crippen MR) is 84.9 cm³/mol. The highest BCUT2D eigenvalue weighted by molar-refractivity contribution is 9.10. The van der Waals surface area contributed by atoms with Crippen molar-refractivity contribution in [2.75, 3.05) is 19.0 Å². The summed E-state index contributed by atoms with van der Waals surface area (Å²) in [5.74, 6) is 0. The maximum atomic E-state index is 8.49. The Bertz CT molecular complexity index is 604. The number of hydrogen-bond acceptors (Lipinski definition) is 6. The van der Waals surface area contributed by atoms with Crippen LogP contribution >= 0.6 is 15.9 Å². The van der Waals surface area contributed by atoms with Crippen LogP contribution < -0.4 is 28.5 Å². The molecular formula is C15H19BrClN3O4. The van der Waals surface area contributed by atoms with Crippen LogP contribution in [0.15, 0.2) is 53.8 Å². The van der Waals surface area contributed by atoms with E-state index in [1.807, 2.05) is 38.7 Å². The fraction of sp³-hybridized carbons (Fsp3) is 0.267. The average molecular weight is 421 g/mol. The van der Waals surface area contributed by atoms with E-state index in [4.69, 9.17) is 18.6 Å². The topological polar surface area (TPSA) is 112 Å². The number of hydrogen-bond donors (Lipinski definition) is 1. The van der Waals surface area contributed by atoms with Crippen LogP contribution in [0.25, 0.3) is 0 Å². The molecule has 1 aromatic carbocycles. The van der Waals surface area contributed by atoms with Gasteiger partial charge in [0.1, 0.15) is 6.20 Å². The van der Waals surface area contributed by atoms with E-state index in [0.717, 1.165) is 10.6 Å². The molecule has 1 N–H and O–H groups in total. The molecule has 0 aromatic heterocycles. The lowest BCUT2D eigenvalue weighted by molar-refractivity contribution is -2.00. The van der Waals surface area contributed by atoms with Crippen LogP contribution in [0.3, 0.4) is 0 Å². The van der Waals surface area contributed by atoms with E-state index < -0.39 is 10.2 Å². The molecule has 0 amide bonds. The van der Waals surface area contributed by atoms with Crippen LogP contribution in [0.5, 0.6) is 0 Å². The molecule has 0 saturated carbocycles. The summed E-state index contributed by atoms with van der Waals surface area (Å²) in [7, 11) is -0.872. The third-order valence-electron chi connectivity index (χ3n) is 3.04. The monoisotopic (exact) mass is 419 g/mol. The Hall–Kier alpha value is -1.26. The first-order valence-electron chi connectivity index (χ1n) is 6.84. The fourth-order valence-electron chi connectivity index (χ4n) is 1.80. The normalized spacial score (nSPS) is 23.1. The summed E-state index contributed by atoms with van der Waals surface area (Å²) in [5.41, 5.74) is 2.29. The van der Waals surface area contributed by atoms with E-state index in [1.165, 1.54) is 5.69 Å². The van der Waals surface area contributed by atoms with Crippen LogP contribution in [0.1, 0.15) is 12.5 Å². The zero-order valence-corrected chi connectivity index (χ0v) is 15.8. The Morgan fingerprint density at radius 2 is 1.67 bits per heavy atom. The second-order valence-corrected chi connectivity index (χ2v) is 7.70. The number of anilines is 1. The zero-order valence-electron chi connectivity index (χ0n) is 13.5. The predicted octanol–water partition coefficient (Wildman–Crippen LogP) is -2.59. The molecule has 0 bridgehead atoms. The Kier molecular flexibility index (Phi) is 7.56. The van der Waals surface area contributed by atoms with E-state index in [-0.39, 0.29) is 4.45 Å². The number of alkyl halides is 1. The summed E-state index contributed by atoms with van der Waals surface area (Å²) < 4.78 is 33.8. The number of halogens is 2. The van der Waals surface area contributed by atoms with Gasteiger partial charge in [-0.1, -0.05) is 23.3 Å². The van der Waals surface area contributed by atoms with E-state index in [0.29, 0.717) is 0 Å². The summed E-state index contributed by atoms with van der Waals surface area (Å²) in [6.07, 6.45) is 10.1. The molecule has 0 fully saturated rings. The third kappa shape index (κ3) is 8.02. The molecule has 24 heavy (non-hydrogen) atoms. The summed E-state index contributed by atoms with van der Waals surface area (Å²) in [6.45, 7) is 2.09. The molecule has 2 unspecified atom stereocenters. The van der Waals surface area contributed by atoms with Crippen molar-refractivity contribution < 1.29 is 33.9 Å². The van der Waals surface area contributed by atoms with Crippen molar-refractivity contribution in [3.63, 3.8) is 0 Å². The molecule has 0 spiro atoms. The van der Waals surface area contributed by atoms with Gasteiger partial charge >= 0.3 is 0 Å². The number of nitrogens with zero attached hydrogens (tertiary/aromatic N) is 2. The molecule has 1 aromatic rings. The van der Waals surface area contributed by atoms with E-state index in [9.17, 15) is 0 Å². The minimum absolute atomic E-state index is 0.179. The first kappa shape index (κ1) is 20.8. The maximum absolute atomic E-state index is 8.49. The molecule has 1 aliphatic rings. The molecule has 132 valence electrons. The van der Waals surface area contributed by atoms with Crippen LogP contribution in [-0.2, 0) is 0 Å². The Morgan fingerprint density at radius 3 is 2.12 bits per heavy atom. The number of allylic oxidation sites excluding steroid dienone is 2. The van der Waals surface area contributed by atoms with Crippen molar-refractivity contribution in [3.05, 3.63) is 54.3 Å². The van der Waals surface area contributed by atoms with Gasteiger partial charge in [-0.3, -0.25) is 0 Å². The molecule has 9 heteroatoms. The first-order valence-corrected chi connectivity index (χ1v) is 8.87. The van der Waals surface area contributed by atoms with Crippen LogP contribution in [0.4, 0.5) is 5.69 Å². The summed E-state index contributed by atoms with van der Waals surface area (Å²) in [4.78, 5) is 2.08. The van der Waals surface area contributed by atoms with Gasteiger partial charge in [0.15, 0.2) is 4.45 Å². The maximum Gasteiger partial charge on any atom is 0.196 e. The second kappa shape index (κ2) is 8.72. The van der Waals surface area contributed by atoms with Gasteiger partial charge < -0.3 is 4.90 Å². The van der Waals surface area contributed by atoms with Crippen LogP contribution in [-0.4, -0.2) is 24.8 Å². The molecule has 2 atom stereocenters. The Morgan fingerprint density at radius 1 is 1.12 bits per heavy atom. The molecular weight excluding hydrogens is 402 g/mol. The largest absolute Gasteiger partial charge is 0.378 e. The molecule has 1 heterocycles. The summed E-state index contributed by atoms with van der Waals surface area (Å²) in [5, 5.41) is 5.58. The third-order valence-corrected chi connectivity index (χ3v) is 3.71. The van der Waals surface area contributed by atoms with Gasteiger partial charge in [0.05, 0.1) is 6.21 Å². The van der Waals surface area contributed by atoms with Crippen molar-refractivity contribution in [3.8, 4) is 0 Å². The highest BCUT2D eigenvalue weighted by Crippen LogP contribution is 2.13. The lowest BCUT2D eigenvalue weighted by Crippen LogP contribution is -3.10. The Balaban J connectivity index is 0.000000505. The molecule has 1 aliphatic heterocycles. The molecule has 0 saturated heterocycles. The standard InChI is InChI=1S/C15H18BrN3.ClHO4/c1-15(16)10-4-5-11-19(15)17-12-13-6-8-14(9-7-13)18(2)3;2-1(3,4)5/h4-12H,1-3H3;(H,2,3,4,5)/b17-12+;. The quantitative estimate of drug-likeness (QED) is 0.328. The lowest BCUT2D eigenvalue weighted by atomic mass is 10.2. The summed E-state index contributed by atoms with van der Waals surface area (Å²) >= 11 is 3.67. The first-order chi connectivity index (χ1) is 11.0. The van der Waals surface area contributed by atoms with Gasteiger partial charge in [-0.25, -0.2) is 18.6 Å². The van der Waals surface area contributed by atoms with E-state index >= 15 is 0 Å². The van der Waals surface area contributed by atoms with Crippen molar-refractivity contribution in [1.29, 1.82) is 0 Å². The van der Waals surface area contributed by atoms with Crippen molar-refractivity contribution in [2.45, 2.75) is 11.4 Å². The molecule has 7 nitrogen and oxygen atoms in total. The zero-order chi connectivity index (χ0) is 18.4. The highest BCUT2D eigenvalue weighted by Gasteiger charge is 2.30. The molecule has 0 radical (unpaired) electrons. The van der Waals surface area contributed by atoms with Gasteiger partial charge in [0.25, 0.3) is 0 Å². The lowest BCUT2D eigenvalue weighted by Gasteiger charge is -2.24. The van der Waals surface area contributed by atoms with Gasteiger partial charge in [0.2, 0.25) is 0 Å². The molecule has 2 rings (SSSR count). The van der Waals surface area contributed by atoms with Gasteiger partial charge in [-0.05, 0) is 45.8 Å². The minimum atomic E-state index is -4.94. The van der Waals surface area contributed by atoms with Gasteiger partial charge in [-0.2, -0.15) is 5.01 Å². The van der Waals surface area contributed by atoms with E-state index in [2.05, 4.69) is 63.2 Å². The number of rotatable bonds is 3. The summed E-state index contributed by atoms with van der Waals surface area (Å²) in [6, 6.07) is 8.34. The SMILES string of the molecule is CN(C)c1ccc(/C=N/[NH+]2C=CC=CC2(C)Br)cc1.[O-][Cl+3]([O-])([O-])[O-]. The van der Waals surface area contributed by atoms with Crippen LogP contribution in [0.2, 0.25) is 0 Å². The Labute approximate surface area is 151 Å². The molecule has 0 aliphatic carbocycles. The van der Waals surface area contributed by atoms with Crippen molar-refractivity contribution >= 4 is 27.8 Å². The fourth-order valence-corrected chi connectivity index (χ4v) is 2.19. The van der Waals surface area contributed by atoms with Crippen molar-refractivity contribution in [1.82, 2.24) is 0 Å². The minimum Gasteiger partial charge on any atom is -0.378 e. The number of benzene rings is 1. The van der Waals surface area contributed by atoms with Crippen molar-refractivity contribution in [2.24, 2.45) is 5.10 Å². The smallest absolute Gasteiger partial charge is 0.196 e. The highest BCUT2D eigenvalue weighted by atomic mass is 79.9.